The van der Waals surface area contributed by atoms with E-state index >= 15 is 0 Å². The molecule has 0 atom stereocenters. The molecule has 7 nitrogen and oxygen atoms in total. The van der Waals surface area contributed by atoms with Crippen molar-refractivity contribution < 1.29 is 9.13 Å². The van der Waals surface area contributed by atoms with Crippen LogP contribution in [-0.4, -0.2) is 39.7 Å². The molecule has 0 spiro atoms. The van der Waals surface area contributed by atoms with Crippen LogP contribution in [0.25, 0.3) is 0 Å². The van der Waals surface area contributed by atoms with E-state index < -0.39 is 0 Å². The molecule has 1 aromatic carbocycles. The van der Waals surface area contributed by atoms with Gasteiger partial charge in [0.05, 0.1) is 5.69 Å². The predicted molar refractivity (Wildman–Crippen MR) is 135 cm³/mol. The summed E-state index contributed by atoms with van der Waals surface area (Å²) in [6.07, 6.45) is 3.78. The zero-order valence-corrected chi connectivity index (χ0v) is 21.4. The highest BCUT2D eigenvalue weighted by Crippen LogP contribution is 2.20. The van der Waals surface area contributed by atoms with Gasteiger partial charge in [0.25, 0.3) is 0 Å². The molecule has 0 unspecified atom stereocenters. The standard InChI is InChI=1S/C23H29FN6O.HI/c1-16(2)22-18(15-30(5)28-22)14-29(4)23(25-3)27-13-17-9-10-21(26-12-17)31-20-8-6-7-19(24)11-20;/h6-12,15-16H,13-14H2,1-5H3,(H,25,27);1H. The van der Waals surface area contributed by atoms with Crippen LogP contribution in [0.3, 0.4) is 0 Å². The molecule has 32 heavy (non-hydrogen) atoms. The summed E-state index contributed by atoms with van der Waals surface area (Å²) >= 11 is 0. The second kappa shape index (κ2) is 11.8. The van der Waals surface area contributed by atoms with E-state index in [-0.39, 0.29) is 29.8 Å². The minimum Gasteiger partial charge on any atom is -0.439 e. The number of hydrogen-bond donors (Lipinski definition) is 1. The SMILES string of the molecule is CN=C(NCc1ccc(Oc2cccc(F)c2)nc1)N(C)Cc1cn(C)nc1C(C)C.I. The van der Waals surface area contributed by atoms with Crippen molar-refractivity contribution in [2.45, 2.75) is 32.9 Å². The van der Waals surface area contributed by atoms with E-state index in [1.807, 2.05) is 24.8 Å². The number of halogens is 2. The maximum Gasteiger partial charge on any atom is 0.219 e. The fourth-order valence-electron chi connectivity index (χ4n) is 3.29. The maximum atomic E-state index is 13.3. The highest BCUT2D eigenvalue weighted by Gasteiger charge is 2.15. The molecular formula is C23H30FIN6O. The molecule has 0 aliphatic heterocycles. The van der Waals surface area contributed by atoms with Gasteiger partial charge in [0.15, 0.2) is 5.96 Å². The predicted octanol–water partition coefficient (Wildman–Crippen LogP) is 4.70. The van der Waals surface area contributed by atoms with Crippen LogP contribution in [-0.2, 0) is 20.1 Å². The molecule has 3 rings (SSSR count). The number of aliphatic imine (C=N–C) groups is 1. The van der Waals surface area contributed by atoms with Crippen molar-refractivity contribution >= 4 is 29.9 Å². The average molecular weight is 552 g/mol. The summed E-state index contributed by atoms with van der Waals surface area (Å²) in [4.78, 5) is 10.8. The second-order valence-electron chi connectivity index (χ2n) is 7.69. The van der Waals surface area contributed by atoms with Crippen LogP contribution in [0.1, 0.15) is 36.6 Å². The van der Waals surface area contributed by atoms with Crippen LogP contribution in [0.2, 0.25) is 0 Å². The lowest BCUT2D eigenvalue weighted by molar-refractivity contribution is 0.457. The Labute approximate surface area is 205 Å². The number of nitrogens with one attached hydrogen (secondary N) is 1. The van der Waals surface area contributed by atoms with E-state index in [4.69, 9.17) is 4.74 Å². The molecular weight excluding hydrogens is 522 g/mol. The Morgan fingerprint density at radius 2 is 2.06 bits per heavy atom. The molecule has 9 heteroatoms. The summed E-state index contributed by atoms with van der Waals surface area (Å²) < 4.78 is 20.7. The highest BCUT2D eigenvalue weighted by molar-refractivity contribution is 14.0. The molecule has 1 N–H and O–H groups in total. The van der Waals surface area contributed by atoms with Crippen molar-refractivity contribution in [3.8, 4) is 11.6 Å². The maximum absolute atomic E-state index is 13.3. The van der Waals surface area contributed by atoms with E-state index in [1.54, 1.807) is 31.4 Å². The normalized spacial score (nSPS) is 11.3. The number of aromatic nitrogens is 3. The monoisotopic (exact) mass is 552 g/mol. The van der Waals surface area contributed by atoms with Crippen molar-refractivity contribution in [2.75, 3.05) is 14.1 Å². The van der Waals surface area contributed by atoms with Crippen LogP contribution in [0, 0.1) is 5.82 Å². The van der Waals surface area contributed by atoms with Gasteiger partial charge in [0.2, 0.25) is 5.88 Å². The van der Waals surface area contributed by atoms with Gasteiger partial charge in [-0.15, -0.1) is 24.0 Å². The summed E-state index contributed by atoms with van der Waals surface area (Å²) in [5, 5.41) is 7.93. The quantitative estimate of drug-likeness (QED) is 0.262. The van der Waals surface area contributed by atoms with Gasteiger partial charge in [-0.05, 0) is 23.6 Å². The Hall–Kier alpha value is -2.69. The molecule has 2 heterocycles. The highest BCUT2D eigenvalue weighted by atomic mass is 127. The van der Waals surface area contributed by atoms with E-state index in [0.717, 1.165) is 17.2 Å². The van der Waals surface area contributed by atoms with Gasteiger partial charge in [0, 0.05) is 64.3 Å². The summed E-state index contributed by atoms with van der Waals surface area (Å²) in [5.74, 6) is 1.61. The second-order valence-corrected chi connectivity index (χ2v) is 7.69. The van der Waals surface area contributed by atoms with Gasteiger partial charge in [-0.25, -0.2) is 9.37 Å². The molecule has 172 valence electrons. The van der Waals surface area contributed by atoms with Crippen LogP contribution >= 0.6 is 24.0 Å². The van der Waals surface area contributed by atoms with Gasteiger partial charge in [-0.1, -0.05) is 26.0 Å². The van der Waals surface area contributed by atoms with Gasteiger partial charge < -0.3 is 15.0 Å². The van der Waals surface area contributed by atoms with Crippen LogP contribution in [0.4, 0.5) is 4.39 Å². The van der Waals surface area contributed by atoms with Crippen LogP contribution in [0.5, 0.6) is 11.6 Å². The zero-order valence-electron chi connectivity index (χ0n) is 19.0. The van der Waals surface area contributed by atoms with Crippen molar-refractivity contribution in [2.24, 2.45) is 12.0 Å². The third kappa shape index (κ3) is 6.91. The smallest absolute Gasteiger partial charge is 0.219 e. The van der Waals surface area contributed by atoms with E-state index in [0.29, 0.717) is 30.6 Å². The fourth-order valence-corrected chi connectivity index (χ4v) is 3.29. The number of aryl methyl sites for hydroxylation is 1. The first kappa shape index (κ1) is 25.6. The minimum absolute atomic E-state index is 0. The molecule has 3 aromatic rings. The molecule has 0 amide bonds. The number of guanidine groups is 1. The van der Waals surface area contributed by atoms with Crippen molar-refractivity contribution in [3.05, 3.63) is 71.4 Å². The Kier molecular flexibility index (Phi) is 9.42. The molecule has 0 aliphatic carbocycles. The van der Waals surface area contributed by atoms with Crippen molar-refractivity contribution in [3.63, 3.8) is 0 Å². The largest absolute Gasteiger partial charge is 0.439 e. The third-order valence-electron chi connectivity index (χ3n) is 4.73. The van der Waals surface area contributed by atoms with Gasteiger partial charge in [-0.2, -0.15) is 5.10 Å². The van der Waals surface area contributed by atoms with E-state index in [9.17, 15) is 4.39 Å². The number of benzene rings is 1. The van der Waals surface area contributed by atoms with Crippen molar-refractivity contribution in [1.29, 1.82) is 0 Å². The first-order valence-corrected chi connectivity index (χ1v) is 10.2. The Morgan fingerprint density at radius 3 is 2.69 bits per heavy atom. The molecule has 2 aromatic heterocycles. The molecule has 0 radical (unpaired) electrons. The number of pyridine rings is 1. The first-order chi connectivity index (χ1) is 14.9. The summed E-state index contributed by atoms with van der Waals surface area (Å²) in [5.41, 5.74) is 3.26. The zero-order chi connectivity index (χ0) is 22.4. The Bertz CT molecular complexity index is 1040. The van der Waals surface area contributed by atoms with E-state index in [1.165, 1.54) is 17.7 Å². The lowest BCUT2D eigenvalue weighted by Crippen LogP contribution is -2.38. The van der Waals surface area contributed by atoms with Crippen LogP contribution < -0.4 is 10.1 Å². The molecule has 0 saturated heterocycles. The fraction of sp³-hybridized carbons (Fsp3) is 0.348. The van der Waals surface area contributed by atoms with Gasteiger partial charge in [0.1, 0.15) is 11.6 Å². The van der Waals surface area contributed by atoms with Crippen LogP contribution in [0.15, 0.2) is 53.8 Å². The molecule has 0 saturated carbocycles. The summed E-state index contributed by atoms with van der Waals surface area (Å²) in [7, 11) is 5.71. The number of nitrogens with zero attached hydrogens (tertiary/aromatic N) is 5. The summed E-state index contributed by atoms with van der Waals surface area (Å²) in [6.45, 7) is 5.56. The number of ether oxygens (including phenoxy) is 1. The van der Waals surface area contributed by atoms with Crippen molar-refractivity contribution in [1.82, 2.24) is 25.0 Å². The summed E-state index contributed by atoms with van der Waals surface area (Å²) in [6, 6.07) is 9.66. The Balaban J connectivity index is 0.00000363. The number of rotatable bonds is 7. The lowest BCUT2D eigenvalue weighted by Gasteiger charge is -2.22. The average Bonchev–Trinajstić information content (AvgIpc) is 3.10. The lowest BCUT2D eigenvalue weighted by atomic mass is 10.1. The van der Waals surface area contributed by atoms with E-state index in [2.05, 4.69) is 45.3 Å². The molecule has 0 fully saturated rings. The minimum atomic E-state index is -0.347. The third-order valence-corrected chi connectivity index (χ3v) is 4.73. The first-order valence-electron chi connectivity index (χ1n) is 10.2. The van der Waals surface area contributed by atoms with Gasteiger partial charge in [-0.3, -0.25) is 9.67 Å². The number of hydrogen-bond acceptors (Lipinski definition) is 4. The topological polar surface area (TPSA) is 67.6 Å². The van der Waals surface area contributed by atoms with Gasteiger partial charge >= 0.3 is 0 Å². The Morgan fingerprint density at radius 1 is 1.28 bits per heavy atom. The molecule has 0 aliphatic rings. The molecule has 0 bridgehead atoms.